The van der Waals surface area contributed by atoms with Crippen LogP contribution in [0.25, 0.3) is 0 Å². The maximum atomic E-state index is 13.0. The number of rotatable bonds is 6. The van der Waals surface area contributed by atoms with Crippen molar-refractivity contribution in [3.63, 3.8) is 0 Å². The van der Waals surface area contributed by atoms with E-state index in [0.29, 0.717) is 17.2 Å². The number of hydrogen-bond acceptors (Lipinski definition) is 4. The van der Waals surface area contributed by atoms with Gasteiger partial charge in [-0.15, -0.1) is 0 Å². The summed E-state index contributed by atoms with van der Waals surface area (Å²) in [4.78, 5) is 13.0. The smallest absolute Gasteiger partial charge is 0.281 e. The lowest BCUT2D eigenvalue weighted by molar-refractivity contribution is -0.135. The number of carbonyl (C=O) groups is 1. The molecule has 0 unspecified atom stereocenters. The molecule has 0 saturated heterocycles. The lowest BCUT2D eigenvalue weighted by Crippen LogP contribution is -2.31. The molecule has 0 radical (unpaired) electrons. The number of methoxy groups -OCH3 is 1. The van der Waals surface area contributed by atoms with Gasteiger partial charge in [-0.3, -0.25) is 4.79 Å². The van der Waals surface area contributed by atoms with E-state index in [1.165, 1.54) is 5.01 Å². The Kier molecular flexibility index (Phi) is 6.00. The molecule has 3 aromatic rings. The van der Waals surface area contributed by atoms with Gasteiger partial charge >= 0.3 is 0 Å². The molecule has 0 N–H and O–H groups in total. The van der Waals surface area contributed by atoms with Gasteiger partial charge in [0.25, 0.3) is 5.91 Å². The maximum absolute atomic E-state index is 13.0. The van der Waals surface area contributed by atoms with Gasteiger partial charge in [-0.25, -0.2) is 5.01 Å². The van der Waals surface area contributed by atoms with Crippen LogP contribution >= 0.6 is 11.6 Å². The molecule has 3 aromatic carbocycles. The molecule has 1 atom stereocenters. The zero-order chi connectivity index (χ0) is 20.9. The van der Waals surface area contributed by atoms with Crippen molar-refractivity contribution in [3.8, 4) is 11.5 Å². The average Bonchev–Trinajstić information content (AvgIpc) is 3.25. The highest BCUT2D eigenvalue weighted by molar-refractivity contribution is 6.32. The maximum Gasteiger partial charge on any atom is 0.281 e. The minimum Gasteiger partial charge on any atom is -0.497 e. The largest absolute Gasteiger partial charge is 0.497 e. The first-order chi connectivity index (χ1) is 14.7. The second kappa shape index (κ2) is 9.01. The van der Waals surface area contributed by atoms with E-state index >= 15 is 0 Å². The molecule has 0 aromatic heterocycles. The van der Waals surface area contributed by atoms with Crippen molar-refractivity contribution in [2.24, 2.45) is 5.10 Å². The summed E-state index contributed by atoms with van der Waals surface area (Å²) in [7, 11) is 1.63. The Bertz CT molecular complexity index is 1050. The molecule has 0 spiro atoms. The number of hydrazone groups is 1. The highest BCUT2D eigenvalue weighted by atomic mass is 35.5. The first-order valence-corrected chi connectivity index (χ1v) is 10.00. The van der Waals surface area contributed by atoms with E-state index in [1.807, 2.05) is 66.7 Å². The quantitative estimate of drug-likeness (QED) is 0.557. The van der Waals surface area contributed by atoms with Crippen LogP contribution in [0.4, 0.5) is 0 Å². The van der Waals surface area contributed by atoms with Crippen molar-refractivity contribution in [2.75, 3.05) is 13.7 Å². The minimum absolute atomic E-state index is 0.151. The molecule has 0 bridgehead atoms. The zero-order valence-electron chi connectivity index (χ0n) is 16.5. The molecule has 152 valence electrons. The van der Waals surface area contributed by atoms with E-state index in [-0.39, 0.29) is 18.6 Å². The number of halogens is 1. The van der Waals surface area contributed by atoms with E-state index in [4.69, 9.17) is 21.1 Å². The Labute approximate surface area is 180 Å². The van der Waals surface area contributed by atoms with Crippen molar-refractivity contribution in [3.05, 3.63) is 95.0 Å². The number of benzene rings is 3. The first kappa shape index (κ1) is 20.0. The monoisotopic (exact) mass is 420 g/mol. The van der Waals surface area contributed by atoms with Gasteiger partial charge in [-0.1, -0.05) is 66.2 Å². The fourth-order valence-electron chi connectivity index (χ4n) is 3.40. The lowest BCUT2D eigenvalue weighted by Gasteiger charge is -2.22. The van der Waals surface area contributed by atoms with Gasteiger partial charge in [0.2, 0.25) is 0 Å². The fourth-order valence-corrected chi connectivity index (χ4v) is 3.59. The summed E-state index contributed by atoms with van der Waals surface area (Å²) in [6.07, 6.45) is 0.619. The summed E-state index contributed by atoms with van der Waals surface area (Å²) in [6.45, 7) is -0.151. The van der Waals surface area contributed by atoms with Crippen molar-refractivity contribution in [1.29, 1.82) is 0 Å². The first-order valence-electron chi connectivity index (χ1n) is 9.62. The number of nitrogens with zero attached hydrogens (tertiary/aromatic N) is 2. The summed E-state index contributed by atoms with van der Waals surface area (Å²) >= 11 is 6.13. The highest BCUT2D eigenvalue weighted by Gasteiger charge is 2.33. The Balaban J connectivity index is 1.58. The number of ether oxygens (including phenoxy) is 2. The summed E-state index contributed by atoms with van der Waals surface area (Å²) in [6, 6.07) is 24.5. The number of para-hydroxylation sites is 1. The molecule has 6 heteroatoms. The van der Waals surface area contributed by atoms with E-state index in [1.54, 1.807) is 19.2 Å². The highest BCUT2D eigenvalue weighted by Crippen LogP contribution is 2.34. The Morgan fingerprint density at radius 2 is 1.73 bits per heavy atom. The molecular formula is C24H21ClN2O3. The van der Waals surface area contributed by atoms with Crippen LogP contribution in [0.3, 0.4) is 0 Å². The molecule has 1 heterocycles. The summed E-state index contributed by atoms with van der Waals surface area (Å²) in [5, 5.41) is 6.63. The van der Waals surface area contributed by atoms with E-state index in [2.05, 4.69) is 5.10 Å². The fraction of sp³-hybridized carbons (Fsp3) is 0.167. The number of amides is 1. The van der Waals surface area contributed by atoms with Crippen molar-refractivity contribution in [2.45, 2.75) is 12.5 Å². The third-order valence-electron chi connectivity index (χ3n) is 4.96. The third kappa shape index (κ3) is 4.31. The van der Waals surface area contributed by atoms with Crippen LogP contribution in [-0.2, 0) is 4.79 Å². The van der Waals surface area contributed by atoms with Gasteiger partial charge < -0.3 is 9.47 Å². The molecule has 1 aliphatic rings. The molecule has 5 nitrogen and oxygen atoms in total. The van der Waals surface area contributed by atoms with Crippen LogP contribution in [-0.4, -0.2) is 30.3 Å². The Morgan fingerprint density at radius 3 is 2.43 bits per heavy atom. The number of carbonyl (C=O) groups excluding carboxylic acids is 1. The van der Waals surface area contributed by atoms with Crippen LogP contribution in [0, 0.1) is 0 Å². The average molecular weight is 421 g/mol. The van der Waals surface area contributed by atoms with Crippen molar-refractivity contribution in [1.82, 2.24) is 5.01 Å². The Hall–Kier alpha value is -3.31. The second-order valence-electron chi connectivity index (χ2n) is 6.86. The normalized spacial score (nSPS) is 15.6. The standard InChI is InChI=1S/C24H21ClN2O3/c1-29-19-13-11-18(12-14-19)22-15-21(17-7-3-2-4-8-17)26-27(22)24(28)16-30-23-10-6-5-9-20(23)25/h2-14,22H,15-16H2,1H3/t22-/m0/s1. The topological polar surface area (TPSA) is 51.1 Å². The van der Waals surface area contributed by atoms with Gasteiger partial charge in [0.1, 0.15) is 11.5 Å². The molecule has 1 amide bonds. The molecule has 0 aliphatic carbocycles. The van der Waals surface area contributed by atoms with Crippen LogP contribution in [0.1, 0.15) is 23.6 Å². The summed E-state index contributed by atoms with van der Waals surface area (Å²) < 4.78 is 10.9. The van der Waals surface area contributed by atoms with Gasteiger partial charge in [0.15, 0.2) is 6.61 Å². The van der Waals surface area contributed by atoms with E-state index < -0.39 is 0 Å². The van der Waals surface area contributed by atoms with Gasteiger partial charge in [-0.2, -0.15) is 5.10 Å². The summed E-state index contributed by atoms with van der Waals surface area (Å²) in [5.74, 6) is 1.00. The molecule has 30 heavy (non-hydrogen) atoms. The third-order valence-corrected chi connectivity index (χ3v) is 5.27. The zero-order valence-corrected chi connectivity index (χ0v) is 17.3. The predicted molar refractivity (Wildman–Crippen MR) is 117 cm³/mol. The van der Waals surface area contributed by atoms with Crippen LogP contribution < -0.4 is 9.47 Å². The van der Waals surface area contributed by atoms with Gasteiger partial charge in [0, 0.05) is 6.42 Å². The van der Waals surface area contributed by atoms with Crippen LogP contribution in [0.5, 0.6) is 11.5 Å². The van der Waals surface area contributed by atoms with Crippen molar-refractivity contribution >= 4 is 23.2 Å². The molecular weight excluding hydrogens is 400 g/mol. The molecule has 0 saturated carbocycles. The van der Waals surface area contributed by atoms with Crippen LogP contribution in [0.2, 0.25) is 5.02 Å². The van der Waals surface area contributed by atoms with E-state index in [9.17, 15) is 4.79 Å². The van der Waals surface area contributed by atoms with E-state index in [0.717, 1.165) is 22.6 Å². The van der Waals surface area contributed by atoms with Crippen LogP contribution in [0.15, 0.2) is 84.0 Å². The van der Waals surface area contributed by atoms with Gasteiger partial charge in [0.05, 0.1) is 23.9 Å². The van der Waals surface area contributed by atoms with Crippen molar-refractivity contribution < 1.29 is 14.3 Å². The SMILES string of the molecule is COc1ccc([C@@H]2CC(c3ccccc3)=NN2C(=O)COc2ccccc2Cl)cc1. The molecule has 0 fully saturated rings. The minimum atomic E-state index is -0.235. The van der Waals surface area contributed by atoms with Gasteiger partial charge in [-0.05, 0) is 35.4 Å². The summed E-state index contributed by atoms with van der Waals surface area (Å²) in [5.41, 5.74) is 2.84. The Morgan fingerprint density at radius 1 is 1.03 bits per heavy atom. The molecule has 4 rings (SSSR count). The lowest BCUT2D eigenvalue weighted by atomic mass is 9.98. The second-order valence-corrected chi connectivity index (χ2v) is 7.27. The number of hydrogen-bond donors (Lipinski definition) is 0. The molecule has 1 aliphatic heterocycles. The predicted octanol–water partition coefficient (Wildman–Crippen LogP) is 5.11.